The van der Waals surface area contributed by atoms with Crippen molar-refractivity contribution in [3.05, 3.63) is 76.3 Å². The predicted molar refractivity (Wildman–Crippen MR) is 115 cm³/mol. The van der Waals surface area contributed by atoms with Gasteiger partial charge in [-0.05, 0) is 36.3 Å². The molecule has 1 N–H and O–H groups in total. The maximum Gasteiger partial charge on any atom is 0.267 e. The Morgan fingerprint density at radius 2 is 1.75 bits per heavy atom. The quantitative estimate of drug-likeness (QED) is 0.628. The summed E-state index contributed by atoms with van der Waals surface area (Å²) in [5.41, 5.74) is 4.66. The standard InChI is InChI=1S/C23H22N2O2S/c1-3-28-21-20(16-10-8-15(2)9-11-16)22(26)25(23(21)27)13-12-17-14-24-19-7-5-4-6-18(17)19/h4-11,14,24H,3,12-13H2,1-2H3. The number of carbonyl (C=O) groups is 2. The van der Waals surface area contributed by atoms with Crippen LogP contribution < -0.4 is 0 Å². The fourth-order valence-corrected chi connectivity index (χ4v) is 4.45. The minimum absolute atomic E-state index is 0.174. The number of carbonyl (C=O) groups excluding carboxylic acids is 2. The van der Waals surface area contributed by atoms with E-state index in [1.807, 2.05) is 62.5 Å². The second-order valence-corrected chi connectivity index (χ2v) is 8.15. The first-order chi connectivity index (χ1) is 13.6. The number of H-pyrrole nitrogens is 1. The first kappa shape index (κ1) is 18.6. The van der Waals surface area contributed by atoms with E-state index in [2.05, 4.69) is 11.1 Å². The molecule has 4 rings (SSSR count). The third-order valence-corrected chi connectivity index (χ3v) is 5.99. The van der Waals surface area contributed by atoms with Crippen molar-refractivity contribution in [2.45, 2.75) is 20.3 Å². The number of rotatable bonds is 6. The number of benzene rings is 2. The van der Waals surface area contributed by atoms with Gasteiger partial charge < -0.3 is 4.98 Å². The van der Waals surface area contributed by atoms with Gasteiger partial charge in [-0.1, -0.05) is 55.0 Å². The van der Waals surface area contributed by atoms with Crippen molar-refractivity contribution < 1.29 is 9.59 Å². The van der Waals surface area contributed by atoms with Gasteiger partial charge in [0.15, 0.2) is 0 Å². The second-order valence-electron chi connectivity index (χ2n) is 6.87. The normalized spacial score (nSPS) is 14.6. The van der Waals surface area contributed by atoms with Crippen LogP contribution in [0.15, 0.2) is 59.6 Å². The molecule has 2 aromatic carbocycles. The Morgan fingerprint density at radius 3 is 2.50 bits per heavy atom. The van der Waals surface area contributed by atoms with Crippen LogP contribution >= 0.6 is 11.8 Å². The smallest absolute Gasteiger partial charge is 0.267 e. The number of nitrogens with zero attached hydrogens (tertiary/aromatic N) is 1. The molecule has 1 aliphatic rings. The van der Waals surface area contributed by atoms with Crippen molar-refractivity contribution in [3.8, 4) is 0 Å². The fourth-order valence-electron chi connectivity index (χ4n) is 3.58. The number of hydrogen-bond donors (Lipinski definition) is 1. The Balaban J connectivity index is 1.60. The molecule has 28 heavy (non-hydrogen) atoms. The molecule has 1 aromatic heterocycles. The number of aromatic nitrogens is 1. The molecule has 0 atom stereocenters. The van der Waals surface area contributed by atoms with E-state index >= 15 is 0 Å². The number of para-hydroxylation sites is 1. The second kappa shape index (κ2) is 7.68. The highest BCUT2D eigenvalue weighted by molar-refractivity contribution is 8.04. The Morgan fingerprint density at radius 1 is 1.00 bits per heavy atom. The Kier molecular flexibility index (Phi) is 5.09. The average Bonchev–Trinajstić information content (AvgIpc) is 3.21. The number of aromatic amines is 1. The molecular weight excluding hydrogens is 368 g/mol. The zero-order chi connectivity index (χ0) is 19.7. The molecule has 0 fully saturated rings. The van der Waals surface area contributed by atoms with Gasteiger partial charge in [-0.2, -0.15) is 0 Å². The molecule has 0 unspecified atom stereocenters. The van der Waals surface area contributed by atoms with E-state index in [1.54, 1.807) is 0 Å². The van der Waals surface area contributed by atoms with Gasteiger partial charge in [0.2, 0.25) is 0 Å². The maximum absolute atomic E-state index is 13.1. The van der Waals surface area contributed by atoms with Gasteiger partial charge in [0, 0.05) is 23.6 Å². The molecule has 0 saturated carbocycles. The van der Waals surface area contributed by atoms with Crippen molar-refractivity contribution in [2.75, 3.05) is 12.3 Å². The number of fused-ring (bicyclic) bond motifs is 1. The largest absolute Gasteiger partial charge is 0.361 e. The van der Waals surface area contributed by atoms with Crippen LogP contribution in [0.1, 0.15) is 23.6 Å². The molecule has 0 spiro atoms. The summed E-state index contributed by atoms with van der Waals surface area (Å²) in [6, 6.07) is 15.9. The average molecular weight is 391 g/mol. The Bertz CT molecular complexity index is 1080. The summed E-state index contributed by atoms with van der Waals surface area (Å²) >= 11 is 1.45. The predicted octanol–water partition coefficient (Wildman–Crippen LogP) is 4.55. The lowest BCUT2D eigenvalue weighted by Gasteiger charge is -2.15. The Hall–Kier alpha value is -2.79. The van der Waals surface area contributed by atoms with Crippen LogP contribution in [-0.2, 0) is 16.0 Å². The molecular formula is C23H22N2O2S. The molecule has 2 amide bonds. The molecule has 0 aliphatic carbocycles. The lowest BCUT2D eigenvalue weighted by Crippen LogP contribution is -2.33. The van der Waals surface area contributed by atoms with Crippen molar-refractivity contribution >= 4 is 40.1 Å². The molecule has 1 aliphatic heterocycles. The molecule has 0 saturated heterocycles. The zero-order valence-corrected chi connectivity index (χ0v) is 16.8. The van der Waals surface area contributed by atoms with Crippen LogP contribution in [-0.4, -0.2) is 34.0 Å². The topological polar surface area (TPSA) is 53.2 Å². The summed E-state index contributed by atoms with van der Waals surface area (Å²) in [5, 5.41) is 1.14. The van der Waals surface area contributed by atoms with E-state index in [0.29, 0.717) is 23.4 Å². The van der Waals surface area contributed by atoms with Gasteiger partial charge in [0.25, 0.3) is 11.8 Å². The lowest BCUT2D eigenvalue weighted by atomic mass is 10.0. The van der Waals surface area contributed by atoms with Gasteiger partial charge in [0.1, 0.15) is 0 Å². The maximum atomic E-state index is 13.1. The van der Waals surface area contributed by atoms with Gasteiger partial charge in [0.05, 0.1) is 10.5 Å². The third kappa shape index (κ3) is 3.27. The molecule has 3 aromatic rings. The SMILES string of the molecule is CCSC1=C(c2ccc(C)cc2)C(=O)N(CCc2c[nH]c3ccccc23)C1=O. The van der Waals surface area contributed by atoms with Gasteiger partial charge in [-0.3, -0.25) is 14.5 Å². The summed E-state index contributed by atoms with van der Waals surface area (Å²) in [6.07, 6.45) is 2.60. The number of amides is 2. The highest BCUT2D eigenvalue weighted by Gasteiger charge is 2.38. The highest BCUT2D eigenvalue weighted by atomic mass is 32.2. The van der Waals surface area contributed by atoms with Crippen LogP contribution in [0.2, 0.25) is 0 Å². The third-order valence-electron chi connectivity index (χ3n) is 5.03. The molecule has 4 nitrogen and oxygen atoms in total. The van der Waals surface area contributed by atoms with Crippen LogP contribution in [0.3, 0.4) is 0 Å². The molecule has 2 heterocycles. The van der Waals surface area contributed by atoms with Crippen molar-refractivity contribution in [3.63, 3.8) is 0 Å². The van der Waals surface area contributed by atoms with Gasteiger partial charge >= 0.3 is 0 Å². The van der Waals surface area contributed by atoms with Gasteiger partial charge in [-0.25, -0.2) is 0 Å². The van der Waals surface area contributed by atoms with Crippen molar-refractivity contribution in [1.29, 1.82) is 0 Å². The summed E-state index contributed by atoms with van der Waals surface area (Å²) < 4.78 is 0. The minimum Gasteiger partial charge on any atom is -0.361 e. The first-order valence-electron chi connectivity index (χ1n) is 9.45. The van der Waals surface area contributed by atoms with Crippen LogP contribution in [0.25, 0.3) is 16.5 Å². The first-order valence-corrected chi connectivity index (χ1v) is 10.4. The number of nitrogens with one attached hydrogen (secondary N) is 1. The van der Waals surface area contributed by atoms with Crippen LogP contribution in [0.5, 0.6) is 0 Å². The molecule has 5 heteroatoms. The Labute approximate surface area is 168 Å². The van der Waals surface area contributed by atoms with E-state index in [0.717, 1.165) is 33.3 Å². The minimum atomic E-state index is -0.190. The number of imide groups is 1. The van der Waals surface area contributed by atoms with E-state index in [-0.39, 0.29) is 11.8 Å². The van der Waals surface area contributed by atoms with Crippen molar-refractivity contribution in [2.24, 2.45) is 0 Å². The fraction of sp³-hybridized carbons (Fsp3) is 0.217. The van der Waals surface area contributed by atoms with E-state index in [9.17, 15) is 9.59 Å². The zero-order valence-electron chi connectivity index (χ0n) is 16.0. The van der Waals surface area contributed by atoms with Crippen LogP contribution in [0, 0.1) is 6.92 Å². The van der Waals surface area contributed by atoms with E-state index in [4.69, 9.17) is 0 Å². The van der Waals surface area contributed by atoms with E-state index in [1.165, 1.54) is 16.7 Å². The monoisotopic (exact) mass is 390 g/mol. The number of aryl methyl sites for hydroxylation is 1. The summed E-state index contributed by atoms with van der Waals surface area (Å²) in [7, 11) is 0. The molecule has 0 radical (unpaired) electrons. The van der Waals surface area contributed by atoms with Crippen molar-refractivity contribution in [1.82, 2.24) is 9.88 Å². The number of hydrogen-bond acceptors (Lipinski definition) is 3. The lowest BCUT2D eigenvalue weighted by molar-refractivity contribution is -0.136. The molecule has 142 valence electrons. The van der Waals surface area contributed by atoms with E-state index < -0.39 is 0 Å². The summed E-state index contributed by atoms with van der Waals surface area (Å²) in [5.74, 6) is 0.386. The van der Waals surface area contributed by atoms with Gasteiger partial charge in [-0.15, -0.1) is 11.8 Å². The number of thioether (sulfide) groups is 1. The summed E-state index contributed by atoms with van der Waals surface area (Å²) in [6.45, 7) is 4.38. The summed E-state index contributed by atoms with van der Waals surface area (Å²) in [4.78, 5) is 31.3. The molecule has 0 bridgehead atoms. The van der Waals surface area contributed by atoms with Crippen LogP contribution in [0.4, 0.5) is 0 Å². The highest BCUT2D eigenvalue weighted by Crippen LogP contribution is 2.36.